The van der Waals surface area contributed by atoms with E-state index >= 15 is 0 Å². The van der Waals surface area contributed by atoms with E-state index in [2.05, 4.69) is 57.0 Å². The van der Waals surface area contributed by atoms with Crippen molar-refractivity contribution in [2.24, 2.45) is 10.9 Å². The number of likely N-dealkylation sites (tertiary alicyclic amines) is 1. The highest BCUT2D eigenvalue weighted by molar-refractivity contribution is 7.10. The number of nitrogens with one attached hydrogen (secondary N) is 1. The van der Waals surface area contributed by atoms with E-state index in [4.69, 9.17) is 4.98 Å². The lowest BCUT2D eigenvalue weighted by Crippen LogP contribution is -2.44. The molecule has 1 saturated heterocycles. The first-order chi connectivity index (χ1) is 13.7. The van der Waals surface area contributed by atoms with Gasteiger partial charge in [-0.2, -0.15) is 0 Å². The third kappa shape index (κ3) is 6.29. The maximum Gasteiger partial charge on any atom is 0.193 e. The summed E-state index contributed by atoms with van der Waals surface area (Å²) in [4.78, 5) is 15.4. The first-order valence-electron chi connectivity index (χ1n) is 10.3. The summed E-state index contributed by atoms with van der Waals surface area (Å²) in [7, 11) is 4.01. The summed E-state index contributed by atoms with van der Waals surface area (Å²) in [6, 6.07) is 4.33. The molecule has 1 fully saturated rings. The average molecular weight is 420 g/mol. The van der Waals surface area contributed by atoms with E-state index in [0.29, 0.717) is 0 Å². The van der Waals surface area contributed by atoms with Gasteiger partial charge in [0.05, 0.1) is 10.7 Å². The van der Waals surface area contributed by atoms with Crippen LogP contribution in [0.3, 0.4) is 0 Å². The first-order valence-corrected chi connectivity index (χ1v) is 12.0. The largest absolute Gasteiger partial charge is 0.356 e. The highest BCUT2D eigenvalue weighted by Gasteiger charge is 2.20. The fourth-order valence-corrected chi connectivity index (χ4v) is 5.05. The molecule has 1 N–H and O–H groups in total. The van der Waals surface area contributed by atoms with Crippen molar-refractivity contribution in [2.75, 3.05) is 40.3 Å². The number of guanidine groups is 1. The Bertz CT molecular complexity index is 717. The van der Waals surface area contributed by atoms with Crippen molar-refractivity contribution in [1.29, 1.82) is 0 Å². The predicted octanol–water partition coefficient (Wildman–Crippen LogP) is 3.73. The van der Waals surface area contributed by atoms with Gasteiger partial charge >= 0.3 is 0 Å². The van der Waals surface area contributed by atoms with Crippen LogP contribution in [-0.4, -0.2) is 61.0 Å². The van der Waals surface area contributed by atoms with Crippen molar-refractivity contribution in [3.05, 3.63) is 38.5 Å². The lowest BCUT2D eigenvalue weighted by Gasteiger charge is -2.32. The van der Waals surface area contributed by atoms with Gasteiger partial charge in [-0.25, -0.2) is 4.98 Å². The number of aliphatic imine (C=N–C) groups is 1. The SMILES string of the molecule is CCc1nc(CN2CCC(CNC(=NC)N(C)CCc3cccs3)CC2)cs1. The Balaban J connectivity index is 1.36. The fraction of sp³-hybridized carbons (Fsp3) is 0.619. The molecular weight excluding hydrogens is 386 g/mol. The minimum absolute atomic E-state index is 0.723. The number of aryl methyl sites for hydroxylation is 1. The van der Waals surface area contributed by atoms with E-state index in [0.717, 1.165) is 57.4 Å². The Morgan fingerprint density at radius 1 is 1.36 bits per heavy atom. The summed E-state index contributed by atoms with van der Waals surface area (Å²) < 4.78 is 0. The third-order valence-electron chi connectivity index (χ3n) is 5.39. The monoisotopic (exact) mass is 419 g/mol. The molecule has 2 aromatic heterocycles. The molecule has 0 radical (unpaired) electrons. The minimum atomic E-state index is 0.723. The molecule has 2 aromatic rings. The second-order valence-electron chi connectivity index (χ2n) is 7.48. The zero-order chi connectivity index (χ0) is 19.8. The average Bonchev–Trinajstić information content (AvgIpc) is 3.40. The zero-order valence-electron chi connectivity index (χ0n) is 17.4. The Morgan fingerprint density at radius 3 is 2.82 bits per heavy atom. The molecule has 7 heteroatoms. The summed E-state index contributed by atoms with van der Waals surface area (Å²) in [5, 5.41) is 9.22. The van der Waals surface area contributed by atoms with Crippen LogP contribution in [0.15, 0.2) is 27.9 Å². The van der Waals surface area contributed by atoms with Crippen LogP contribution in [-0.2, 0) is 19.4 Å². The van der Waals surface area contributed by atoms with Gasteiger partial charge in [0.25, 0.3) is 0 Å². The summed E-state index contributed by atoms with van der Waals surface area (Å²) in [5.74, 6) is 1.73. The van der Waals surface area contributed by atoms with Crippen LogP contribution in [0.25, 0.3) is 0 Å². The molecule has 1 aliphatic heterocycles. The molecular formula is C21H33N5S2. The van der Waals surface area contributed by atoms with Crippen LogP contribution in [0.4, 0.5) is 0 Å². The molecule has 3 rings (SSSR count). The predicted molar refractivity (Wildman–Crippen MR) is 122 cm³/mol. The van der Waals surface area contributed by atoms with Crippen molar-refractivity contribution in [2.45, 2.75) is 39.2 Å². The molecule has 5 nitrogen and oxygen atoms in total. The van der Waals surface area contributed by atoms with Gasteiger partial charge < -0.3 is 10.2 Å². The molecule has 0 spiro atoms. The Labute approximate surface area is 177 Å². The van der Waals surface area contributed by atoms with Gasteiger partial charge in [0, 0.05) is 44.0 Å². The number of piperidine rings is 1. The van der Waals surface area contributed by atoms with E-state index in [1.54, 1.807) is 11.3 Å². The van der Waals surface area contributed by atoms with Gasteiger partial charge in [-0.05, 0) is 56.1 Å². The molecule has 0 atom stereocenters. The van der Waals surface area contributed by atoms with Crippen molar-refractivity contribution in [3.63, 3.8) is 0 Å². The number of hydrogen-bond acceptors (Lipinski definition) is 5. The van der Waals surface area contributed by atoms with Crippen LogP contribution in [0.5, 0.6) is 0 Å². The molecule has 3 heterocycles. The quantitative estimate of drug-likeness (QED) is 0.523. The van der Waals surface area contributed by atoms with E-state index in [1.165, 1.54) is 28.4 Å². The van der Waals surface area contributed by atoms with E-state index in [9.17, 15) is 0 Å². The maximum absolute atomic E-state index is 4.71. The summed E-state index contributed by atoms with van der Waals surface area (Å²) in [6.45, 7) is 7.52. The number of hydrogen-bond donors (Lipinski definition) is 1. The fourth-order valence-electron chi connectivity index (χ4n) is 3.62. The molecule has 0 saturated carbocycles. The number of rotatable bonds is 8. The van der Waals surface area contributed by atoms with Crippen LogP contribution in [0.1, 0.15) is 35.3 Å². The normalized spacial score (nSPS) is 16.5. The summed E-state index contributed by atoms with van der Waals surface area (Å²) in [6.07, 6.45) is 4.60. The number of nitrogens with zero attached hydrogens (tertiary/aromatic N) is 4. The number of thiazole rings is 1. The Hall–Kier alpha value is -1.44. The molecule has 0 amide bonds. The van der Waals surface area contributed by atoms with Gasteiger partial charge in [0.1, 0.15) is 0 Å². The number of likely N-dealkylation sites (N-methyl/N-ethyl adjacent to an activating group) is 1. The lowest BCUT2D eigenvalue weighted by molar-refractivity contribution is 0.176. The van der Waals surface area contributed by atoms with Crippen LogP contribution >= 0.6 is 22.7 Å². The number of thiophene rings is 1. The van der Waals surface area contributed by atoms with E-state index in [-0.39, 0.29) is 0 Å². The van der Waals surface area contributed by atoms with Gasteiger partial charge in [0.2, 0.25) is 0 Å². The van der Waals surface area contributed by atoms with Crippen LogP contribution in [0.2, 0.25) is 0 Å². The first kappa shape index (κ1) is 21.3. The minimum Gasteiger partial charge on any atom is -0.356 e. The van der Waals surface area contributed by atoms with Crippen LogP contribution < -0.4 is 5.32 Å². The Morgan fingerprint density at radius 2 is 2.18 bits per heavy atom. The second-order valence-corrected chi connectivity index (χ2v) is 9.46. The maximum atomic E-state index is 4.71. The molecule has 0 aromatic carbocycles. The third-order valence-corrected chi connectivity index (χ3v) is 7.37. The van der Waals surface area contributed by atoms with Gasteiger partial charge in [-0.3, -0.25) is 9.89 Å². The van der Waals surface area contributed by atoms with Crippen molar-refractivity contribution in [3.8, 4) is 0 Å². The van der Waals surface area contributed by atoms with E-state index in [1.807, 2.05) is 18.4 Å². The molecule has 0 aliphatic carbocycles. The zero-order valence-corrected chi connectivity index (χ0v) is 19.0. The van der Waals surface area contributed by atoms with Crippen molar-refractivity contribution < 1.29 is 0 Å². The highest BCUT2D eigenvalue weighted by Crippen LogP contribution is 2.19. The van der Waals surface area contributed by atoms with Crippen molar-refractivity contribution in [1.82, 2.24) is 20.1 Å². The summed E-state index contributed by atoms with van der Waals surface area (Å²) >= 11 is 3.62. The smallest absolute Gasteiger partial charge is 0.193 e. The molecule has 0 unspecified atom stereocenters. The highest BCUT2D eigenvalue weighted by atomic mass is 32.1. The molecule has 0 bridgehead atoms. The van der Waals surface area contributed by atoms with Gasteiger partial charge in [-0.15, -0.1) is 22.7 Å². The topological polar surface area (TPSA) is 43.8 Å². The van der Waals surface area contributed by atoms with Crippen LogP contribution in [0, 0.1) is 5.92 Å². The van der Waals surface area contributed by atoms with Crippen molar-refractivity contribution >= 4 is 28.6 Å². The van der Waals surface area contributed by atoms with E-state index < -0.39 is 0 Å². The Kier molecular flexibility index (Phi) is 8.30. The summed E-state index contributed by atoms with van der Waals surface area (Å²) in [5.41, 5.74) is 1.24. The molecule has 28 heavy (non-hydrogen) atoms. The lowest BCUT2D eigenvalue weighted by atomic mass is 9.97. The number of aromatic nitrogens is 1. The van der Waals surface area contributed by atoms with Gasteiger partial charge in [-0.1, -0.05) is 13.0 Å². The van der Waals surface area contributed by atoms with Gasteiger partial charge in [0.15, 0.2) is 5.96 Å². The second kappa shape index (κ2) is 10.9. The molecule has 154 valence electrons. The standard InChI is InChI=1S/C21H33N5S2/c1-4-20-24-18(16-28-20)15-26-11-7-17(8-12-26)14-23-21(22-2)25(3)10-9-19-6-5-13-27-19/h5-6,13,16-17H,4,7-12,14-15H2,1-3H3,(H,22,23). The molecule has 1 aliphatic rings.